The van der Waals surface area contributed by atoms with Gasteiger partial charge in [0.15, 0.2) is 0 Å². The van der Waals surface area contributed by atoms with E-state index in [0.717, 1.165) is 0 Å². The highest BCUT2D eigenvalue weighted by Gasteiger charge is 2.17. The molecule has 9 aromatic rings. The van der Waals surface area contributed by atoms with Crippen LogP contribution < -0.4 is 0 Å². The normalized spacial score (nSPS) is 11.6. The van der Waals surface area contributed by atoms with Gasteiger partial charge in [0.05, 0.1) is 0 Å². The van der Waals surface area contributed by atoms with Crippen molar-refractivity contribution in [2.45, 2.75) is 0 Å². The zero-order chi connectivity index (χ0) is 29.0. The lowest BCUT2D eigenvalue weighted by Crippen LogP contribution is -1.91. The Kier molecular flexibility index (Phi) is 5.61. The van der Waals surface area contributed by atoms with Gasteiger partial charge >= 0.3 is 0 Å². The minimum Gasteiger partial charge on any atom is -0.0622 e. The Balaban J connectivity index is 1.33. The van der Waals surface area contributed by atoms with Gasteiger partial charge in [-0.05, 0) is 105 Å². The Hall–Kier alpha value is -5.72. The lowest BCUT2D eigenvalue weighted by molar-refractivity contribution is 1.66. The van der Waals surface area contributed by atoms with E-state index >= 15 is 0 Å². The fraction of sp³-hybridized carbons (Fsp3) is 0. The molecule has 0 amide bonds. The Morgan fingerprint density at radius 2 is 0.727 bits per heavy atom. The van der Waals surface area contributed by atoms with Crippen molar-refractivity contribution in [2.24, 2.45) is 0 Å². The number of benzene rings is 9. The summed E-state index contributed by atoms with van der Waals surface area (Å²) in [5, 5.41) is 12.8. The van der Waals surface area contributed by atoms with Crippen LogP contribution in [-0.4, -0.2) is 0 Å². The zero-order valence-corrected chi connectivity index (χ0v) is 24.2. The van der Waals surface area contributed by atoms with Crippen LogP contribution in [0.5, 0.6) is 0 Å². The largest absolute Gasteiger partial charge is 0.0622 e. The van der Waals surface area contributed by atoms with Crippen molar-refractivity contribution in [1.29, 1.82) is 0 Å². The van der Waals surface area contributed by atoms with E-state index in [1.54, 1.807) is 0 Å². The summed E-state index contributed by atoms with van der Waals surface area (Å²) in [4.78, 5) is 0. The van der Waals surface area contributed by atoms with E-state index in [-0.39, 0.29) is 0 Å². The summed E-state index contributed by atoms with van der Waals surface area (Å²) in [5.41, 5.74) is 7.60. The molecule has 0 aliphatic heterocycles. The van der Waals surface area contributed by atoms with E-state index in [9.17, 15) is 0 Å². The lowest BCUT2D eigenvalue weighted by atomic mass is 9.85. The Morgan fingerprint density at radius 3 is 1.41 bits per heavy atom. The van der Waals surface area contributed by atoms with Crippen LogP contribution in [0.1, 0.15) is 0 Å². The van der Waals surface area contributed by atoms with Crippen molar-refractivity contribution < 1.29 is 0 Å². The average Bonchev–Trinajstić information content (AvgIpc) is 3.10. The number of rotatable bonds is 3. The summed E-state index contributed by atoms with van der Waals surface area (Å²) in [7, 11) is 0. The SMILES string of the molecule is c1ccc(-c2c3ccccc3c(-c3ccc4cc(-c5ccc6ccccc6c5)c5ccccc5c4c3)c3ccccc23)cc1. The summed E-state index contributed by atoms with van der Waals surface area (Å²) in [6.45, 7) is 0. The van der Waals surface area contributed by atoms with Crippen molar-refractivity contribution in [3.63, 3.8) is 0 Å². The van der Waals surface area contributed by atoms with E-state index in [4.69, 9.17) is 0 Å². The molecular weight excluding hydrogens is 528 g/mol. The molecule has 9 aromatic carbocycles. The molecule has 0 N–H and O–H groups in total. The summed E-state index contributed by atoms with van der Waals surface area (Å²) in [6, 6.07) is 62.3. The summed E-state index contributed by atoms with van der Waals surface area (Å²) in [5.74, 6) is 0. The molecule has 0 aliphatic carbocycles. The third-order valence-electron chi connectivity index (χ3n) is 9.20. The highest BCUT2D eigenvalue weighted by atomic mass is 14.2. The van der Waals surface area contributed by atoms with Crippen molar-refractivity contribution in [1.82, 2.24) is 0 Å². The molecule has 44 heavy (non-hydrogen) atoms. The van der Waals surface area contributed by atoms with E-state index in [0.29, 0.717) is 0 Å². The quantitative estimate of drug-likeness (QED) is 0.150. The van der Waals surface area contributed by atoms with E-state index in [1.807, 2.05) is 0 Å². The lowest BCUT2D eigenvalue weighted by Gasteiger charge is -2.18. The third-order valence-corrected chi connectivity index (χ3v) is 9.20. The summed E-state index contributed by atoms with van der Waals surface area (Å²) < 4.78 is 0. The van der Waals surface area contributed by atoms with Gasteiger partial charge in [0.2, 0.25) is 0 Å². The van der Waals surface area contributed by atoms with Gasteiger partial charge in [-0.25, -0.2) is 0 Å². The van der Waals surface area contributed by atoms with Crippen LogP contribution in [0.3, 0.4) is 0 Å². The maximum atomic E-state index is 2.41. The number of hydrogen-bond donors (Lipinski definition) is 0. The van der Waals surface area contributed by atoms with E-state index in [2.05, 4.69) is 170 Å². The van der Waals surface area contributed by atoms with E-state index < -0.39 is 0 Å². The van der Waals surface area contributed by atoms with Crippen molar-refractivity contribution >= 4 is 53.9 Å². The van der Waals surface area contributed by atoms with Gasteiger partial charge in [-0.15, -0.1) is 0 Å². The minimum absolute atomic E-state index is 1.24. The van der Waals surface area contributed by atoms with E-state index in [1.165, 1.54) is 87.2 Å². The molecule has 0 spiro atoms. The molecule has 9 rings (SSSR count). The highest BCUT2D eigenvalue weighted by molar-refractivity contribution is 6.22. The smallest absolute Gasteiger partial charge is 0.00261 e. The third kappa shape index (κ3) is 3.85. The van der Waals surface area contributed by atoms with Gasteiger partial charge < -0.3 is 0 Å². The first-order valence-electron chi connectivity index (χ1n) is 15.3. The Morgan fingerprint density at radius 1 is 0.227 bits per heavy atom. The fourth-order valence-electron chi connectivity index (χ4n) is 7.21. The predicted octanol–water partition coefficient (Wildman–Crippen LogP) is 12.5. The molecule has 204 valence electrons. The Labute approximate surface area is 256 Å². The first-order chi connectivity index (χ1) is 21.8. The monoisotopic (exact) mass is 556 g/mol. The average molecular weight is 557 g/mol. The number of fused-ring (bicyclic) bond motifs is 6. The van der Waals surface area contributed by atoms with Crippen molar-refractivity contribution in [3.05, 3.63) is 170 Å². The molecule has 0 aliphatic rings. The van der Waals surface area contributed by atoms with Crippen LogP contribution in [0.25, 0.3) is 87.2 Å². The second kappa shape index (κ2) is 9.93. The molecule has 0 fully saturated rings. The molecule has 0 aromatic heterocycles. The maximum Gasteiger partial charge on any atom is -0.00261 e. The molecule has 0 bridgehead atoms. The van der Waals surface area contributed by atoms with Crippen molar-refractivity contribution in [2.75, 3.05) is 0 Å². The van der Waals surface area contributed by atoms with Gasteiger partial charge in [0.1, 0.15) is 0 Å². The Bertz CT molecular complexity index is 2480. The standard InChI is InChI=1S/C44H28/c1-2-13-30(14-3-1)43-37-18-8-10-20-39(37)44(40-21-11-9-19-38(40)43)34-25-24-33-27-41(35-16-6-7-17-36(35)42(33)28-34)32-23-22-29-12-4-5-15-31(29)26-32/h1-28H. The van der Waals surface area contributed by atoms with Crippen LogP contribution in [0.2, 0.25) is 0 Å². The topological polar surface area (TPSA) is 0 Å². The van der Waals surface area contributed by atoms with Gasteiger partial charge in [-0.2, -0.15) is 0 Å². The van der Waals surface area contributed by atoms with Gasteiger partial charge in [-0.1, -0.05) is 152 Å². The maximum absolute atomic E-state index is 2.41. The van der Waals surface area contributed by atoms with Crippen LogP contribution >= 0.6 is 0 Å². The molecular formula is C44H28. The number of hydrogen-bond acceptors (Lipinski definition) is 0. The van der Waals surface area contributed by atoms with Crippen LogP contribution in [0.15, 0.2) is 170 Å². The fourth-order valence-corrected chi connectivity index (χ4v) is 7.21. The second-order valence-corrected chi connectivity index (χ2v) is 11.7. The second-order valence-electron chi connectivity index (χ2n) is 11.7. The molecule has 0 unspecified atom stereocenters. The molecule has 0 heteroatoms. The summed E-state index contributed by atoms with van der Waals surface area (Å²) in [6.07, 6.45) is 0. The molecule has 0 heterocycles. The van der Waals surface area contributed by atoms with Crippen LogP contribution in [0.4, 0.5) is 0 Å². The zero-order valence-electron chi connectivity index (χ0n) is 24.2. The molecule has 0 radical (unpaired) electrons. The molecule has 0 nitrogen and oxygen atoms in total. The van der Waals surface area contributed by atoms with Crippen LogP contribution in [0, 0.1) is 0 Å². The molecule has 0 saturated heterocycles. The van der Waals surface area contributed by atoms with Crippen molar-refractivity contribution in [3.8, 4) is 33.4 Å². The predicted molar refractivity (Wildman–Crippen MR) is 190 cm³/mol. The minimum atomic E-state index is 1.24. The van der Waals surface area contributed by atoms with Gasteiger partial charge in [-0.3, -0.25) is 0 Å². The summed E-state index contributed by atoms with van der Waals surface area (Å²) >= 11 is 0. The highest BCUT2D eigenvalue weighted by Crippen LogP contribution is 2.45. The molecule has 0 atom stereocenters. The van der Waals surface area contributed by atoms with Gasteiger partial charge in [0.25, 0.3) is 0 Å². The molecule has 0 saturated carbocycles. The first kappa shape index (κ1) is 24.8. The van der Waals surface area contributed by atoms with Gasteiger partial charge in [0, 0.05) is 0 Å². The first-order valence-corrected chi connectivity index (χ1v) is 15.3. The van der Waals surface area contributed by atoms with Crippen LogP contribution in [-0.2, 0) is 0 Å².